The van der Waals surface area contributed by atoms with Crippen LogP contribution in [0.15, 0.2) is 46.9 Å². The van der Waals surface area contributed by atoms with Gasteiger partial charge in [-0.25, -0.2) is 0 Å². The molecule has 3 rings (SSSR count). The first-order valence-electron chi connectivity index (χ1n) is 6.05. The van der Waals surface area contributed by atoms with Gasteiger partial charge in [0.15, 0.2) is 0 Å². The van der Waals surface area contributed by atoms with Gasteiger partial charge in [-0.3, -0.25) is 4.79 Å². The van der Waals surface area contributed by atoms with Crippen molar-refractivity contribution in [1.82, 2.24) is 4.57 Å². The Kier molecular flexibility index (Phi) is 3.03. The van der Waals surface area contributed by atoms with Crippen LogP contribution in [0.3, 0.4) is 0 Å². The maximum atomic E-state index is 10.8. The summed E-state index contributed by atoms with van der Waals surface area (Å²) in [6.45, 7) is 0.487. The molecule has 0 bridgehead atoms. The van der Waals surface area contributed by atoms with Crippen LogP contribution < -0.4 is 0 Å². The van der Waals surface area contributed by atoms with Crippen LogP contribution in [0.2, 0.25) is 0 Å². The van der Waals surface area contributed by atoms with E-state index in [9.17, 15) is 4.79 Å². The highest BCUT2D eigenvalue weighted by Gasteiger charge is 2.11. The quantitative estimate of drug-likeness (QED) is 0.792. The third kappa shape index (κ3) is 2.12. The number of fused-ring (bicyclic) bond motifs is 3. The summed E-state index contributed by atoms with van der Waals surface area (Å²) >= 11 is 3.49. The van der Waals surface area contributed by atoms with Crippen molar-refractivity contribution in [2.24, 2.45) is 0 Å². The molecule has 0 radical (unpaired) electrons. The summed E-state index contributed by atoms with van der Waals surface area (Å²) in [4.78, 5) is 10.8. The molecule has 0 atom stereocenters. The standard InChI is InChI=1S/C15H12BrNO2/c16-10-5-6-14-12(9-10)11-3-1-2-4-13(11)17(14)8-7-15(18)19/h1-6,9H,7-8H2,(H,18,19). The lowest BCUT2D eigenvalue weighted by atomic mass is 10.2. The maximum absolute atomic E-state index is 10.8. The molecule has 0 aliphatic heterocycles. The third-order valence-corrected chi connectivity index (χ3v) is 3.78. The minimum absolute atomic E-state index is 0.129. The fourth-order valence-electron chi connectivity index (χ4n) is 2.47. The minimum atomic E-state index is -0.775. The molecule has 1 heterocycles. The molecular formula is C15H12BrNO2. The summed E-state index contributed by atoms with van der Waals surface area (Å²) in [5.41, 5.74) is 2.16. The van der Waals surface area contributed by atoms with Crippen LogP contribution >= 0.6 is 15.9 Å². The highest BCUT2D eigenvalue weighted by Crippen LogP contribution is 2.31. The topological polar surface area (TPSA) is 42.2 Å². The Morgan fingerprint density at radius 2 is 1.84 bits per heavy atom. The van der Waals surface area contributed by atoms with Gasteiger partial charge in [0.2, 0.25) is 0 Å². The summed E-state index contributed by atoms with van der Waals surface area (Å²) in [5, 5.41) is 11.2. The Morgan fingerprint density at radius 1 is 1.11 bits per heavy atom. The first-order chi connectivity index (χ1) is 9.16. The molecule has 4 heteroatoms. The van der Waals surface area contributed by atoms with Crippen molar-refractivity contribution in [3.8, 4) is 0 Å². The number of benzene rings is 2. The lowest BCUT2D eigenvalue weighted by molar-refractivity contribution is -0.137. The van der Waals surface area contributed by atoms with Gasteiger partial charge >= 0.3 is 5.97 Å². The summed E-state index contributed by atoms with van der Waals surface area (Å²) in [6.07, 6.45) is 0.129. The number of para-hydroxylation sites is 1. The number of hydrogen-bond acceptors (Lipinski definition) is 1. The van der Waals surface area contributed by atoms with Crippen molar-refractivity contribution in [2.45, 2.75) is 13.0 Å². The van der Waals surface area contributed by atoms with E-state index >= 15 is 0 Å². The van der Waals surface area contributed by atoms with Crippen molar-refractivity contribution in [1.29, 1.82) is 0 Å². The van der Waals surface area contributed by atoms with Gasteiger partial charge in [-0.15, -0.1) is 0 Å². The first kappa shape index (κ1) is 12.2. The number of halogens is 1. The van der Waals surface area contributed by atoms with Crippen LogP contribution in [-0.2, 0) is 11.3 Å². The van der Waals surface area contributed by atoms with Gasteiger partial charge in [-0.1, -0.05) is 34.1 Å². The van der Waals surface area contributed by atoms with Gasteiger partial charge in [0.1, 0.15) is 0 Å². The van der Waals surface area contributed by atoms with E-state index < -0.39 is 5.97 Å². The number of aryl methyl sites for hydroxylation is 1. The van der Waals surface area contributed by atoms with Gasteiger partial charge in [-0.2, -0.15) is 0 Å². The normalized spacial score (nSPS) is 11.2. The lowest BCUT2D eigenvalue weighted by Gasteiger charge is -2.05. The average molecular weight is 318 g/mol. The number of aromatic nitrogens is 1. The molecule has 0 fully saturated rings. The Morgan fingerprint density at radius 3 is 2.63 bits per heavy atom. The van der Waals surface area contributed by atoms with Crippen LogP contribution in [0.4, 0.5) is 0 Å². The van der Waals surface area contributed by atoms with Crippen molar-refractivity contribution in [2.75, 3.05) is 0 Å². The van der Waals surface area contributed by atoms with E-state index in [1.165, 1.54) is 0 Å². The van der Waals surface area contributed by atoms with E-state index in [2.05, 4.69) is 32.6 Å². The van der Waals surface area contributed by atoms with E-state index in [1.54, 1.807) is 0 Å². The van der Waals surface area contributed by atoms with Crippen molar-refractivity contribution in [3.05, 3.63) is 46.9 Å². The highest BCUT2D eigenvalue weighted by molar-refractivity contribution is 9.10. The zero-order valence-corrected chi connectivity index (χ0v) is 11.7. The first-order valence-corrected chi connectivity index (χ1v) is 6.84. The molecule has 96 valence electrons. The zero-order valence-electron chi connectivity index (χ0n) is 10.1. The van der Waals surface area contributed by atoms with Crippen molar-refractivity contribution >= 4 is 43.7 Å². The molecule has 19 heavy (non-hydrogen) atoms. The Labute approximate surface area is 118 Å². The van der Waals surface area contributed by atoms with Crippen LogP contribution in [0.25, 0.3) is 21.8 Å². The molecule has 0 saturated heterocycles. The Bertz CT molecular complexity index is 776. The van der Waals surface area contributed by atoms with Gasteiger partial charge in [-0.05, 0) is 24.3 Å². The van der Waals surface area contributed by atoms with Gasteiger partial charge in [0, 0.05) is 32.8 Å². The van der Waals surface area contributed by atoms with Crippen molar-refractivity contribution < 1.29 is 9.90 Å². The number of aliphatic carboxylic acids is 1. The van der Waals surface area contributed by atoms with E-state index in [0.29, 0.717) is 6.54 Å². The van der Waals surface area contributed by atoms with E-state index in [4.69, 9.17) is 5.11 Å². The molecule has 0 amide bonds. The number of carboxylic acids is 1. The molecule has 0 unspecified atom stereocenters. The minimum Gasteiger partial charge on any atom is -0.481 e. The predicted octanol–water partition coefficient (Wildman–Crippen LogP) is 4.03. The summed E-state index contributed by atoms with van der Waals surface area (Å²) in [6, 6.07) is 14.2. The van der Waals surface area contributed by atoms with Gasteiger partial charge in [0.25, 0.3) is 0 Å². The molecule has 0 aliphatic rings. The molecule has 1 aromatic heterocycles. The summed E-state index contributed by atoms with van der Waals surface area (Å²) in [5.74, 6) is -0.775. The summed E-state index contributed by atoms with van der Waals surface area (Å²) < 4.78 is 3.10. The smallest absolute Gasteiger partial charge is 0.305 e. The fraction of sp³-hybridized carbons (Fsp3) is 0.133. The molecular weight excluding hydrogens is 306 g/mol. The zero-order chi connectivity index (χ0) is 13.4. The number of hydrogen-bond donors (Lipinski definition) is 1. The monoisotopic (exact) mass is 317 g/mol. The maximum Gasteiger partial charge on any atom is 0.305 e. The number of carbonyl (C=O) groups is 1. The lowest BCUT2D eigenvalue weighted by Crippen LogP contribution is -2.04. The molecule has 3 aromatic rings. The SMILES string of the molecule is O=C(O)CCn1c2ccccc2c2cc(Br)ccc21. The highest BCUT2D eigenvalue weighted by atomic mass is 79.9. The Balaban J connectivity index is 2.29. The third-order valence-electron chi connectivity index (χ3n) is 3.28. The molecule has 0 spiro atoms. The summed E-state index contributed by atoms with van der Waals surface area (Å²) in [7, 11) is 0. The van der Waals surface area contributed by atoms with Crippen LogP contribution in [0.5, 0.6) is 0 Å². The number of rotatable bonds is 3. The molecule has 0 aliphatic carbocycles. The second-order valence-electron chi connectivity index (χ2n) is 4.47. The fourth-order valence-corrected chi connectivity index (χ4v) is 2.84. The van der Waals surface area contributed by atoms with E-state index in [1.807, 2.05) is 30.3 Å². The van der Waals surface area contributed by atoms with Crippen LogP contribution in [0, 0.1) is 0 Å². The second kappa shape index (κ2) is 4.70. The predicted molar refractivity (Wildman–Crippen MR) is 79.4 cm³/mol. The molecule has 0 saturated carbocycles. The molecule has 2 aromatic carbocycles. The Hall–Kier alpha value is -1.81. The number of carboxylic acid groups (broad SMARTS) is 1. The molecule has 3 nitrogen and oxygen atoms in total. The number of nitrogens with zero attached hydrogens (tertiary/aromatic N) is 1. The van der Waals surface area contributed by atoms with Crippen LogP contribution in [-0.4, -0.2) is 15.6 Å². The van der Waals surface area contributed by atoms with Gasteiger partial charge < -0.3 is 9.67 Å². The van der Waals surface area contributed by atoms with Crippen LogP contribution in [0.1, 0.15) is 6.42 Å². The second-order valence-corrected chi connectivity index (χ2v) is 5.39. The van der Waals surface area contributed by atoms with E-state index in [0.717, 1.165) is 26.3 Å². The van der Waals surface area contributed by atoms with Gasteiger partial charge in [0.05, 0.1) is 6.42 Å². The average Bonchev–Trinajstić information content (AvgIpc) is 2.70. The molecule has 1 N–H and O–H groups in total. The largest absolute Gasteiger partial charge is 0.481 e. The van der Waals surface area contributed by atoms with Crippen molar-refractivity contribution in [3.63, 3.8) is 0 Å². The van der Waals surface area contributed by atoms with E-state index in [-0.39, 0.29) is 6.42 Å².